The van der Waals surface area contributed by atoms with Gasteiger partial charge in [0.15, 0.2) is 5.76 Å². The molecule has 1 atom stereocenters. The Hall–Kier alpha value is -2.80. The van der Waals surface area contributed by atoms with Crippen LogP contribution in [0.2, 0.25) is 0 Å². The van der Waals surface area contributed by atoms with Gasteiger partial charge in [0.25, 0.3) is 5.91 Å². The van der Waals surface area contributed by atoms with Gasteiger partial charge in [-0.05, 0) is 37.1 Å². The van der Waals surface area contributed by atoms with E-state index in [1.165, 1.54) is 6.26 Å². The van der Waals surface area contributed by atoms with Crippen molar-refractivity contribution in [2.24, 2.45) is 0 Å². The van der Waals surface area contributed by atoms with Crippen LogP contribution in [0, 0.1) is 0 Å². The van der Waals surface area contributed by atoms with Crippen molar-refractivity contribution >= 4 is 17.5 Å². The Kier molecular flexibility index (Phi) is 6.27. The predicted octanol–water partition coefficient (Wildman–Crippen LogP) is 2.60. The van der Waals surface area contributed by atoms with Crippen LogP contribution >= 0.6 is 0 Å². The molecule has 2 aromatic rings. The molecule has 2 amide bonds. The highest BCUT2D eigenvalue weighted by molar-refractivity contribution is 5.93. The smallest absolute Gasteiger partial charge is 0.286 e. The largest absolute Gasteiger partial charge is 0.491 e. The van der Waals surface area contributed by atoms with Crippen LogP contribution in [0.4, 0.5) is 5.69 Å². The molecule has 1 aromatic carbocycles. The zero-order chi connectivity index (χ0) is 18.2. The second-order valence-corrected chi connectivity index (χ2v) is 6.01. The molecule has 0 bridgehead atoms. The molecule has 1 aromatic heterocycles. The van der Waals surface area contributed by atoms with Crippen LogP contribution in [0.25, 0.3) is 0 Å². The van der Waals surface area contributed by atoms with Crippen LogP contribution in [0.3, 0.4) is 0 Å². The Morgan fingerprint density at radius 1 is 1.23 bits per heavy atom. The van der Waals surface area contributed by atoms with E-state index in [1.807, 2.05) is 12.1 Å². The summed E-state index contributed by atoms with van der Waals surface area (Å²) in [6.07, 6.45) is 3.81. The lowest BCUT2D eigenvalue weighted by Gasteiger charge is -2.12. The first-order valence-corrected chi connectivity index (χ1v) is 8.67. The van der Waals surface area contributed by atoms with Crippen molar-refractivity contribution in [3.63, 3.8) is 0 Å². The Bertz CT molecular complexity index is 723. The SMILES string of the molecule is O=C(CCNC(=O)c1ccco1)Nc1cccc(OCC2CCCO2)c1. The van der Waals surface area contributed by atoms with Gasteiger partial charge in [-0.3, -0.25) is 9.59 Å². The summed E-state index contributed by atoms with van der Waals surface area (Å²) in [5.41, 5.74) is 0.650. The van der Waals surface area contributed by atoms with Crippen LogP contribution in [-0.4, -0.2) is 37.7 Å². The Labute approximate surface area is 151 Å². The van der Waals surface area contributed by atoms with Crippen molar-refractivity contribution in [3.8, 4) is 5.75 Å². The molecule has 2 heterocycles. The minimum Gasteiger partial charge on any atom is -0.491 e. The first-order chi connectivity index (χ1) is 12.7. The molecule has 7 heteroatoms. The molecule has 0 aliphatic carbocycles. The molecule has 0 spiro atoms. The molecular weight excluding hydrogens is 336 g/mol. The van der Waals surface area contributed by atoms with E-state index in [4.69, 9.17) is 13.9 Å². The van der Waals surface area contributed by atoms with Gasteiger partial charge in [0, 0.05) is 31.3 Å². The van der Waals surface area contributed by atoms with Crippen molar-refractivity contribution < 1.29 is 23.5 Å². The fraction of sp³-hybridized carbons (Fsp3) is 0.368. The van der Waals surface area contributed by atoms with Gasteiger partial charge in [0.1, 0.15) is 12.4 Å². The summed E-state index contributed by atoms with van der Waals surface area (Å²) >= 11 is 0. The summed E-state index contributed by atoms with van der Waals surface area (Å²) in [5, 5.41) is 5.43. The fourth-order valence-electron chi connectivity index (χ4n) is 2.64. The summed E-state index contributed by atoms with van der Waals surface area (Å²) in [4.78, 5) is 23.7. The fourth-order valence-corrected chi connectivity index (χ4v) is 2.64. The summed E-state index contributed by atoms with van der Waals surface area (Å²) in [6.45, 7) is 1.53. The molecular formula is C19H22N2O5. The number of anilines is 1. The van der Waals surface area contributed by atoms with Crippen molar-refractivity contribution in [1.82, 2.24) is 5.32 Å². The Morgan fingerprint density at radius 2 is 2.15 bits per heavy atom. The number of hydrogen-bond acceptors (Lipinski definition) is 5. The number of nitrogens with one attached hydrogen (secondary N) is 2. The van der Waals surface area contributed by atoms with E-state index in [-0.39, 0.29) is 36.6 Å². The monoisotopic (exact) mass is 358 g/mol. The molecule has 0 radical (unpaired) electrons. The van der Waals surface area contributed by atoms with Crippen molar-refractivity contribution in [3.05, 3.63) is 48.4 Å². The van der Waals surface area contributed by atoms with E-state index in [9.17, 15) is 9.59 Å². The summed E-state index contributed by atoms with van der Waals surface area (Å²) < 4.78 is 16.2. The average molecular weight is 358 g/mol. The quantitative estimate of drug-likeness (QED) is 0.757. The zero-order valence-electron chi connectivity index (χ0n) is 14.4. The van der Waals surface area contributed by atoms with Crippen molar-refractivity contribution in [2.45, 2.75) is 25.4 Å². The third-order valence-electron chi connectivity index (χ3n) is 3.96. The topological polar surface area (TPSA) is 89.8 Å². The maximum Gasteiger partial charge on any atom is 0.286 e. The highest BCUT2D eigenvalue weighted by Crippen LogP contribution is 2.19. The number of amides is 2. The van der Waals surface area contributed by atoms with Crippen LogP contribution in [0.15, 0.2) is 47.1 Å². The molecule has 1 aliphatic heterocycles. The van der Waals surface area contributed by atoms with Gasteiger partial charge in [-0.25, -0.2) is 0 Å². The standard InChI is InChI=1S/C19H22N2O5/c22-18(8-9-20-19(23)17-7-3-11-25-17)21-14-4-1-5-15(12-14)26-13-16-6-2-10-24-16/h1,3-5,7,11-12,16H,2,6,8-10,13H2,(H,20,23)(H,21,22). The second-order valence-electron chi connectivity index (χ2n) is 6.01. The van der Waals surface area contributed by atoms with Gasteiger partial charge in [-0.1, -0.05) is 6.07 Å². The van der Waals surface area contributed by atoms with Crippen molar-refractivity contribution in [2.75, 3.05) is 25.1 Å². The minimum atomic E-state index is -0.340. The van der Waals surface area contributed by atoms with Crippen LogP contribution in [0.5, 0.6) is 5.75 Å². The summed E-state index contributed by atoms with van der Waals surface area (Å²) in [5.74, 6) is 0.374. The van der Waals surface area contributed by atoms with E-state index in [2.05, 4.69) is 10.6 Å². The van der Waals surface area contributed by atoms with Crippen LogP contribution < -0.4 is 15.4 Å². The third kappa shape index (κ3) is 5.35. The van der Waals surface area contributed by atoms with Gasteiger partial charge in [-0.15, -0.1) is 0 Å². The van der Waals surface area contributed by atoms with Gasteiger partial charge >= 0.3 is 0 Å². The first kappa shape index (κ1) is 18.0. The Morgan fingerprint density at radius 3 is 2.92 bits per heavy atom. The second kappa shape index (κ2) is 9.05. The molecule has 1 aliphatic rings. The lowest BCUT2D eigenvalue weighted by Crippen LogP contribution is -2.27. The number of hydrogen-bond donors (Lipinski definition) is 2. The molecule has 26 heavy (non-hydrogen) atoms. The third-order valence-corrected chi connectivity index (χ3v) is 3.96. The lowest BCUT2D eigenvalue weighted by molar-refractivity contribution is -0.116. The van der Waals surface area contributed by atoms with E-state index in [0.717, 1.165) is 19.4 Å². The van der Waals surface area contributed by atoms with E-state index < -0.39 is 0 Å². The highest BCUT2D eigenvalue weighted by Gasteiger charge is 2.16. The maximum atomic E-state index is 12.0. The minimum absolute atomic E-state index is 0.144. The number of rotatable bonds is 8. The lowest BCUT2D eigenvalue weighted by atomic mass is 10.2. The molecule has 1 unspecified atom stereocenters. The number of carbonyl (C=O) groups is 2. The van der Waals surface area contributed by atoms with Crippen LogP contribution in [-0.2, 0) is 9.53 Å². The molecule has 1 fully saturated rings. The first-order valence-electron chi connectivity index (χ1n) is 8.67. The number of carbonyl (C=O) groups excluding carboxylic acids is 2. The Balaban J connectivity index is 1.40. The van der Waals surface area contributed by atoms with E-state index in [0.29, 0.717) is 18.0 Å². The van der Waals surface area contributed by atoms with Gasteiger partial charge in [-0.2, -0.15) is 0 Å². The van der Waals surface area contributed by atoms with Gasteiger partial charge in [0.05, 0.1) is 12.4 Å². The zero-order valence-corrected chi connectivity index (χ0v) is 14.4. The number of benzene rings is 1. The van der Waals surface area contributed by atoms with Gasteiger partial charge < -0.3 is 24.5 Å². The van der Waals surface area contributed by atoms with Gasteiger partial charge in [0.2, 0.25) is 5.91 Å². The maximum absolute atomic E-state index is 12.0. The average Bonchev–Trinajstić information content (AvgIpc) is 3.34. The van der Waals surface area contributed by atoms with E-state index >= 15 is 0 Å². The normalized spacial score (nSPS) is 16.2. The van der Waals surface area contributed by atoms with E-state index in [1.54, 1.807) is 24.3 Å². The summed E-state index contributed by atoms with van der Waals surface area (Å²) in [6, 6.07) is 10.4. The molecule has 138 valence electrons. The molecule has 7 nitrogen and oxygen atoms in total. The number of furan rings is 1. The molecule has 0 saturated carbocycles. The number of ether oxygens (including phenoxy) is 2. The van der Waals surface area contributed by atoms with Crippen molar-refractivity contribution in [1.29, 1.82) is 0 Å². The molecule has 3 rings (SSSR count). The summed E-state index contributed by atoms with van der Waals surface area (Å²) in [7, 11) is 0. The van der Waals surface area contributed by atoms with Crippen LogP contribution in [0.1, 0.15) is 29.8 Å². The molecule has 1 saturated heterocycles. The highest BCUT2D eigenvalue weighted by atomic mass is 16.5. The predicted molar refractivity (Wildman–Crippen MR) is 95.2 cm³/mol. The molecule has 2 N–H and O–H groups in total.